The van der Waals surface area contributed by atoms with Crippen LogP contribution >= 0.6 is 7.82 Å². The van der Waals surface area contributed by atoms with Crippen LogP contribution in [0.4, 0.5) is 0 Å². The first-order valence-corrected chi connectivity index (χ1v) is 5.68. The average Bonchev–Trinajstić information content (AvgIpc) is 2.19. The molecule has 0 bridgehead atoms. The van der Waals surface area contributed by atoms with Crippen molar-refractivity contribution in [1.82, 2.24) is 4.98 Å². The molecule has 1 heterocycles. The van der Waals surface area contributed by atoms with E-state index in [2.05, 4.69) is 4.98 Å². The maximum Gasteiger partial charge on any atom is 2.00 e. The van der Waals surface area contributed by atoms with Gasteiger partial charge in [-0.3, -0.25) is 9.78 Å². The van der Waals surface area contributed by atoms with Crippen molar-refractivity contribution in [3.8, 4) is 5.75 Å². The molecule has 0 saturated carbocycles. The average molecular weight is 318 g/mol. The van der Waals surface area contributed by atoms with Crippen LogP contribution in [0.15, 0.2) is 6.20 Å². The number of aromatic hydroxyl groups is 1. The fraction of sp³-hybridized carbons (Fsp3) is 0.250. The second-order valence-corrected chi connectivity index (χ2v) is 3.81. The Bertz CT molecular complexity index is 439. The van der Waals surface area contributed by atoms with Crippen molar-refractivity contribution in [3.05, 3.63) is 23.0 Å². The number of pyridine rings is 1. The van der Waals surface area contributed by atoms with Crippen molar-refractivity contribution in [1.29, 1.82) is 0 Å². The van der Waals surface area contributed by atoms with Crippen LogP contribution in [0.2, 0.25) is 0 Å². The van der Waals surface area contributed by atoms with E-state index in [1.165, 1.54) is 6.20 Å². The third-order valence-corrected chi connectivity index (χ3v) is 1.65. The van der Waals surface area contributed by atoms with Crippen LogP contribution in [0.25, 0.3) is 0 Å². The minimum atomic E-state index is -5.14. The number of phosphoric acid groups is 1. The van der Waals surface area contributed by atoms with Crippen LogP contribution in [0.3, 0.4) is 0 Å². The molecule has 0 amide bonds. The smallest absolute Gasteiger partial charge is 0.790 e. The third-order valence-electron chi connectivity index (χ3n) is 1.65. The third kappa shape index (κ3) is 7.52. The van der Waals surface area contributed by atoms with Crippen LogP contribution in [0.1, 0.15) is 21.6 Å². The molecule has 1 radical (unpaired) electrons. The van der Waals surface area contributed by atoms with Gasteiger partial charge in [-0.25, -0.2) is 0 Å². The predicted octanol–water partition coefficient (Wildman–Crippen LogP) is -1.79. The van der Waals surface area contributed by atoms with Crippen molar-refractivity contribution in [2.45, 2.75) is 13.5 Å². The second kappa shape index (κ2) is 8.34. The number of aldehydes is 1. The monoisotopic (exact) mass is 318 g/mol. The van der Waals surface area contributed by atoms with E-state index in [1.54, 1.807) is 6.92 Å². The largest absolute Gasteiger partial charge is 2.00 e. The summed E-state index contributed by atoms with van der Waals surface area (Å²) >= 11 is 0. The molecule has 10 heteroatoms. The summed E-state index contributed by atoms with van der Waals surface area (Å²) in [4.78, 5) is 38.5. The van der Waals surface area contributed by atoms with E-state index in [1.807, 2.05) is 0 Å². The van der Waals surface area contributed by atoms with E-state index in [9.17, 15) is 9.90 Å². The van der Waals surface area contributed by atoms with Crippen molar-refractivity contribution < 1.29 is 51.3 Å². The van der Waals surface area contributed by atoms with Crippen molar-refractivity contribution in [3.63, 3.8) is 0 Å². The Kier molecular flexibility index (Phi) is 9.05. The zero-order chi connectivity index (χ0) is 13.6. The SMILES string of the molecule is Cc1ncc(CO)c(C=O)c1O.O=P([O-])([O-])O.[Mn+2]. The molecule has 0 atom stereocenters. The van der Waals surface area contributed by atoms with Gasteiger partial charge in [-0.15, -0.1) is 0 Å². The van der Waals surface area contributed by atoms with Gasteiger partial charge in [0, 0.05) is 11.8 Å². The Morgan fingerprint density at radius 3 is 2.28 bits per heavy atom. The van der Waals surface area contributed by atoms with Crippen LogP contribution < -0.4 is 9.79 Å². The summed E-state index contributed by atoms with van der Waals surface area (Å²) in [6.45, 7) is 1.29. The molecule has 0 aromatic carbocycles. The predicted molar refractivity (Wildman–Crippen MR) is 51.8 cm³/mol. The number of aromatic nitrogens is 1. The van der Waals surface area contributed by atoms with Gasteiger partial charge in [0.2, 0.25) is 0 Å². The van der Waals surface area contributed by atoms with Gasteiger partial charge in [0.1, 0.15) is 5.75 Å². The molecule has 0 aliphatic heterocycles. The van der Waals surface area contributed by atoms with E-state index in [-0.39, 0.29) is 35.0 Å². The molecule has 0 saturated heterocycles. The standard InChI is InChI=1S/C8H9NO3.Mn.H3O4P/c1-5-8(12)7(4-11)6(3-10)2-9-5;;1-5(2,3)4/h2,4,10,12H,3H2,1H3;;(H3,1,2,3,4)/q;+2;/p-2. The number of nitrogens with zero attached hydrogens (tertiary/aromatic N) is 1. The van der Waals surface area contributed by atoms with Crippen LogP contribution in [-0.2, 0) is 28.2 Å². The van der Waals surface area contributed by atoms with E-state index >= 15 is 0 Å². The first-order chi connectivity index (χ1) is 7.70. The van der Waals surface area contributed by atoms with Crippen LogP contribution in [-0.4, -0.2) is 26.4 Å². The van der Waals surface area contributed by atoms with Gasteiger partial charge in [0.05, 0.1) is 25.7 Å². The second-order valence-electron chi connectivity index (χ2n) is 2.88. The van der Waals surface area contributed by atoms with Gasteiger partial charge in [-0.05, 0) is 6.92 Å². The summed E-state index contributed by atoms with van der Waals surface area (Å²) in [5.41, 5.74) is 0.840. The van der Waals surface area contributed by atoms with Gasteiger partial charge in [-0.1, -0.05) is 0 Å². The Hall–Kier alpha value is -0.791. The van der Waals surface area contributed by atoms with Crippen molar-refractivity contribution in [2.24, 2.45) is 0 Å². The molecular weight excluding hydrogens is 308 g/mol. The number of hydrogen-bond donors (Lipinski definition) is 3. The van der Waals surface area contributed by atoms with Crippen LogP contribution in [0.5, 0.6) is 5.75 Å². The van der Waals surface area contributed by atoms with Gasteiger partial charge in [0.15, 0.2) is 6.29 Å². The summed E-state index contributed by atoms with van der Waals surface area (Å²) in [6, 6.07) is 0. The number of rotatable bonds is 2. The summed E-state index contributed by atoms with van der Waals surface area (Å²) in [7, 11) is -5.14. The molecule has 1 aromatic rings. The van der Waals surface area contributed by atoms with E-state index in [4.69, 9.17) is 24.4 Å². The Morgan fingerprint density at radius 2 is 1.94 bits per heavy atom. The van der Waals surface area contributed by atoms with Gasteiger partial charge in [0.25, 0.3) is 0 Å². The quantitative estimate of drug-likeness (QED) is 0.328. The molecule has 0 aliphatic rings. The Balaban J connectivity index is 0. The number of aryl methyl sites for hydroxylation is 1. The van der Waals surface area contributed by atoms with Gasteiger partial charge < -0.3 is 29.5 Å². The van der Waals surface area contributed by atoms with E-state index < -0.39 is 7.82 Å². The Labute approximate surface area is 113 Å². The maximum atomic E-state index is 10.5. The number of aliphatic hydroxyl groups excluding tert-OH is 1. The molecule has 0 aliphatic carbocycles. The number of carbonyl (C=O) groups excluding carboxylic acids is 1. The van der Waals surface area contributed by atoms with Crippen LogP contribution in [0, 0.1) is 6.92 Å². The molecule has 0 unspecified atom stereocenters. The number of carbonyl (C=O) groups is 1. The molecule has 18 heavy (non-hydrogen) atoms. The summed E-state index contributed by atoms with van der Waals surface area (Å²) in [5, 5.41) is 18.1. The first-order valence-electron chi connectivity index (χ1n) is 4.19. The summed E-state index contributed by atoms with van der Waals surface area (Å²) in [5.74, 6) is -0.156. The zero-order valence-corrected chi connectivity index (χ0v) is 11.2. The normalized spacial score (nSPS) is 9.83. The fourth-order valence-corrected chi connectivity index (χ4v) is 0.910. The summed E-state index contributed by atoms with van der Waals surface area (Å²) < 4.78 is 8.66. The van der Waals surface area contributed by atoms with Crippen molar-refractivity contribution >= 4 is 14.1 Å². The van der Waals surface area contributed by atoms with E-state index in [0.717, 1.165) is 0 Å². The van der Waals surface area contributed by atoms with Gasteiger partial charge >= 0.3 is 17.1 Å². The molecule has 0 fully saturated rings. The minimum absolute atomic E-state index is 0. The zero-order valence-electron chi connectivity index (χ0n) is 9.11. The molecule has 101 valence electrons. The minimum Gasteiger partial charge on any atom is -0.790 e. The number of aliphatic hydroxyl groups is 1. The Morgan fingerprint density at radius 1 is 1.50 bits per heavy atom. The topological polar surface area (TPSA) is 154 Å². The van der Waals surface area contributed by atoms with Gasteiger partial charge in [-0.2, -0.15) is 0 Å². The molecule has 3 N–H and O–H groups in total. The molecule has 8 nitrogen and oxygen atoms in total. The number of hydrogen-bond acceptors (Lipinski definition) is 7. The maximum absolute atomic E-state index is 10.5. The molecule has 0 spiro atoms. The summed E-state index contributed by atoms with van der Waals surface area (Å²) in [6.07, 6.45) is 1.88. The first kappa shape index (κ1) is 19.5. The van der Waals surface area contributed by atoms with Crippen molar-refractivity contribution in [2.75, 3.05) is 0 Å². The fourth-order valence-electron chi connectivity index (χ4n) is 0.910. The van der Waals surface area contributed by atoms with E-state index in [0.29, 0.717) is 17.5 Å². The molecule has 1 aromatic heterocycles. The molecule has 1 rings (SSSR count). The molecular formula is C8H10MnNO7P.